The molecule has 5 rings (SSSR count). The Kier molecular flexibility index (Phi) is 8.38. The van der Waals surface area contributed by atoms with Gasteiger partial charge in [0.15, 0.2) is 5.88 Å². The van der Waals surface area contributed by atoms with Gasteiger partial charge in [-0.05, 0) is 73.2 Å². The van der Waals surface area contributed by atoms with Gasteiger partial charge >= 0.3 is 5.97 Å². The number of hydrogen-bond acceptors (Lipinski definition) is 6. The lowest BCUT2D eigenvalue weighted by Gasteiger charge is -2.16. The average molecular weight is 570 g/mol. The van der Waals surface area contributed by atoms with Crippen molar-refractivity contribution in [3.63, 3.8) is 0 Å². The van der Waals surface area contributed by atoms with Crippen LogP contribution in [0.5, 0.6) is 5.88 Å². The molecule has 2 aromatic carbocycles. The highest BCUT2D eigenvalue weighted by atomic mass is 19.1. The molecule has 0 radical (unpaired) electrons. The van der Waals surface area contributed by atoms with Crippen LogP contribution in [0.25, 0.3) is 22.0 Å². The number of carbonyl (C=O) groups is 2. The van der Waals surface area contributed by atoms with Gasteiger partial charge in [-0.3, -0.25) is 4.79 Å². The van der Waals surface area contributed by atoms with Crippen molar-refractivity contribution in [3.05, 3.63) is 107 Å². The normalized spacial score (nSPS) is 11.3. The van der Waals surface area contributed by atoms with Crippen LogP contribution in [0.4, 0.5) is 4.39 Å². The third-order valence-corrected chi connectivity index (χ3v) is 7.08. The quantitative estimate of drug-likeness (QED) is 0.162. The van der Waals surface area contributed by atoms with Gasteiger partial charge in [-0.2, -0.15) is 0 Å². The lowest BCUT2D eigenvalue weighted by atomic mass is 9.92. The van der Waals surface area contributed by atoms with Crippen LogP contribution >= 0.6 is 0 Å². The van der Waals surface area contributed by atoms with Crippen molar-refractivity contribution in [2.75, 3.05) is 6.61 Å². The minimum atomic E-state index is -0.567. The van der Waals surface area contributed by atoms with Crippen LogP contribution in [0.2, 0.25) is 0 Å². The fraction of sp³-hybridized carbons (Fsp3) is 0.242. The molecule has 42 heavy (non-hydrogen) atoms. The number of amides is 1. The molecule has 3 aromatic heterocycles. The van der Waals surface area contributed by atoms with Gasteiger partial charge in [0, 0.05) is 16.8 Å². The number of rotatable bonds is 10. The molecule has 0 aliphatic rings. The van der Waals surface area contributed by atoms with Crippen molar-refractivity contribution in [2.45, 2.75) is 46.1 Å². The van der Waals surface area contributed by atoms with Gasteiger partial charge in [-0.1, -0.05) is 38.1 Å². The summed E-state index contributed by atoms with van der Waals surface area (Å²) >= 11 is 0. The monoisotopic (exact) mass is 569 g/mol. The van der Waals surface area contributed by atoms with E-state index in [0.717, 1.165) is 11.3 Å². The molecule has 0 bridgehead atoms. The van der Waals surface area contributed by atoms with Crippen molar-refractivity contribution in [1.29, 1.82) is 0 Å². The summed E-state index contributed by atoms with van der Waals surface area (Å²) < 4.78 is 24.3. The summed E-state index contributed by atoms with van der Waals surface area (Å²) in [7, 11) is 0. The van der Waals surface area contributed by atoms with Gasteiger partial charge in [0.1, 0.15) is 11.6 Å². The number of esters is 1. The number of hydrogen-bond donors (Lipinski definition) is 3. The molecule has 5 aromatic rings. The molecular formula is C33H32FN3O5. The zero-order chi connectivity index (χ0) is 29.8. The molecule has 216 valence electrons. The number of aromatic nitrogens is 2. The summed E-state index contributed by atoms with van der Waals surface area (Å²) in [6, 6.07) is 16.5. The number of furan rings is 1. The number of ether oxygens (including phenoxy) is 1. The number of pyridine rings is 1. The van der Waals surface area contributed by atoms with Crippen molar-refractivity contribution in [3.8, 4) is 17.0 Å². The largest absolute Gasteiger partial charge is 0.494 e. The number of H-pyrrole nitrogens is 1. The Morgan fingerprint density at radius 1 is 1.07 bits per heavy atom. The Balaban J connectivity index is 1.61. The summed E-state index contributed by atoms with van der Waals surface area (Å²) in [5.74, 6) is -0.636. The number of benzene rings is 2. The molecule has 3 heterocycles. The van der Waals surface area contributed by atoms with E-state index in [9.17, 15) is 19.1 Å². The molecule has 0 atom stereocenters. The maximum absolute atomic E-state index is 13.5. The fourth-order valence-electron chi connectivity index (χ4n) is 5.00. The van der Waals surface area contributed by atoms with Crippen LogP contribution in [0.15, 0.2) is 71.3 Å². The minimum Gasteiger partial charge on any atom is -0.494 e. The number of aryl methyl sites for hydroxylation is 2. The first-order valence-corrected chi connectivity index (χ1v) is 13.9. The zero-order valence-corrected chi connectivity index (χ0v) is 23.7. The summed E-state index contributed by atoms with van der Waals surface area (Å²) in [5.41, 5.74) is 4.42. The second-order valence-corrected chi connectivity index (χ2v) is 10.3. The van der Waals surface area contributed by atoms with Gasteiger partial charge < -0.3 is 24.6 Å². The second kappa shape index (κ2) is 12.3. The van der Waals surface area contributed by atoms with E-state index in [4.69, 9.17) is 14.1 Å². The van der Waals surface area contributed by atoms with Gasteiger partial charge in [-0.25, -0.2) is 14.2 Å². The lowest BCUT2D eigenvalue weighted by molar-refractivity contribution is 0.0525. The number of nitrogens with zero attached hydrogens (tertiary/aromatic N) is 1. The van der Waals surface area contributed by atoms with Crippen LogP contribution in [0, 0.1) is 5.82 Å². The predicted octanol–water partition coefficient (Wildman–Crippen LogP) is 6.68. The van der Waals surface area contributed by atoms with Gasteiger partial charge in [0.25, 0.3) is 5.91 Å². The fourth-order valence-corrected chi connectivity index (χ4v) is 5.00. The van der Waals surface area contributed by atoms with Crippen molar-refractivity contribution < 1.29 is 28.2 Å². The second-order valence-electron chi connectivity index (χ2n) is 10.3. The minimum absolute atomic E-state index is 0.00683. The number of aromatic amines is 1. The SMILES string of the molecule is CCOC(=O)c1c(CCc2ccc(F)cc2)nc2c(C(C)C)[nH]c(O)c2c1-c1ccc(C(=O)NCc2ccco2)cc1. The highest BCUT2D eigenvalue weighted by Crippen LogP contribution is 2.41. The summed E-state index contributed by atoms with van der Waals surface area (Å²) in [6.45, 7) is 6.10. The average Bonchev–Trinajstić information content (AvgIpc) is 3.63. The maximum atomic E-state index is 13.5. The molecule has 1 amide bonds. The van der Waals surface area contributed by atoms with Crippen molar-refractivity contribution in [1.82, 2.24) is 15.3 Å². The standard InChI is InChI=1S/C33H32FN3O5/c1-4-41-33(40)27-25(16-9-20-7-14-23(34)15-8-20)36-30-28(32(39)37-29(30)19(2)3)26(27)21-10-12-22(13-11-21)31(38)35-18-24-6-5-17-42-24/h5-8,10-15,17,19,37,39H,4,9,16,18H2,1-3H3,(H,35,38). The highest BCUT2D eigenvalue weighted by Gasteiger charge is 2.28. The Morgan fingerprint density at radius 2 is 1.81 bits per heavy atom. The molecule has 0 aliphatic heterocycles. The molecular weight excluding hydrogens is 537 g/mol. The number of fused-ring (bicyclic) bond motifs is 1. The third-order valence-electron chi connectivity index (χ3n) is 7.08. The number of nitrogens with one attached hydrogen (secondary N) is 2. The molecule has 0 unspecified atom stereocenters. The first-order chi connectivity index (χ1) is 20.3. The number of halogens is 1. The van der Waals surface area contributed by atoms with E-state index in [1.54, 1.807) is 61.7 Å². The van der Waals surface area contributed by atoms with Crippen molar-refractivity contribution >= 4 is 22.8 Å². The van der Waals surface area contributed by atoms with E-state index < -0.39 is 5.97 Å². The first kappa shape index (κ1) is 28.6. The van der Waals surface area contributed by atoms with E-state index >= 15 is 0 Å². The third kappa shape index (κ3) is 5.90. The topological polar surface area (TPSA) is 117 Å². The van der Waals surface area contributed by atoms with E-state index in [2.05, 4.69) is 10.3 Å². The highest BCUT2D eigenvalue weighted by molar-refractivity contribution is 6.10. The molecule has 0 fully saturated rings. The van der Waals surface area contributed by atoms with Crippen LogP contribution in [-0.2, 0) is 24.1 Å². The summed E-state index contributed by atoms with van der Waals surface area (Å²) in [4.78, 5) is 34.2. The molecule has 0 saturated carbocycles. The van der Waals surface area contributed by atoms with Crippen LogP contribution in [0.1, 0.15) is 70.1 Å². The van der Waals surface area contributed by atoms with Crippen LogP contribution in [-0.4, -0.2) is 33.6 Å². The first-order valence-electron chi connectivity index (χ1n) is 13.9. The smallest absolute Gasteiger partial charge is 0.340 e. The van der Waals surface area contributed by atoms with E-state index in [1.165, 1.54) is 12.1 Å². The van der Waals surface area contributed by atoms with Crippen molar-refractivity contribution in [2.24, 2.45) is 0 Å². The Morgan fingerprint density at radius 3 is 2.45 bits per heavy atom. The molecule has 3 N–H and O–H groups in total. The van der Waals surface area contributed by atoms with Gasteiger partial charge in [-0.15, -0.1) is 0 Å². The number of aromatic hydroxyl groups is 1. The zero-order valence-electron chi connectivity index (χ0n) is 23.7. The van der Waals surface area contributed by atoms with Crippen LogP contribution in [0.3, 0.4) is 0 Å². The molecule has 0 aliphatic carbocycles. The van der Waals surface area contributed by atoms with Crippen LogP contribution < -0.4 is 5.32 Å². The molecule has 9 heteroatoms. The molecule has 0 spiro atoms. The Labute approximate surface area is 242 Å². The summed E-state index contributed by atoms with van der Waals surface area (Å²) in [5, 5.41) is 14.3. The Hall–Kier alpha value is -4.92. The van der Waals surface area contributed by atoms with Gasteiger partial charge in [0.05, 0.1) is 41.6 Å². The van der Waals surface area contributed by atoms with E-state index in [0.29, 0.717) is 51.9 Å². The maximum Gasteiger partial charge on any atom is 0.340 e. The summed E-state index contributed by atoms with van der Waals surface area (Å²) in [6.07, 6.45) is 2.42. The van der Waals surface area contributed by atoms with Gasteiger partial charge in [0.2, 0.25) is 0 Å². The molecule has 8 nitrogen and oxygen atoms in total. The van der Waals surface area contributed by atoms with E-state index in [-0.39, 0.29) is 42.2 Å². The lowest BCUT2D eigenvalue weighted by Crippen LogP contribution is -2.22. The number of carbonyl (C=O) groups excluding carboxylic acids is 2. The van der Waals surface area contributed by atoms with E-state index in [1.807, 2.05) is 13.8 Å². The predicted molar refractivity (Wildman–Crippen MR) is 157 cm³/mol. The Bertz CT molecular complexity index is 1710. The molecule has 0 saturated heterocycles.